The smallest absolute Gasteiger partial charge is 0.251 e. The molecule has 1 heterocycles. The second kappa shape index (κ2) is 6.56. The lowest BCUT2D eigenvalue weighted by molar-refractivity contribution is 0.0953. The van der Waals surface area contributed by atoms with E-state index in [2.05, 4.69) is 10.3 Å². The van der Waals surface area contributed by atoms with Gasteiger partial charge >= 0.3 is 0 Å². The van der Waals surface area contributed by atoms with E-state index in [-0.39, 0.29) is 11.7 Å². The van der Waals surface area contributed by atoms with E-state index in [4.69, 9.17) is 4.74 Å². The summed E-state index contributed by atoms with van der Waals surface area (Å²) in [4.78, 5) is 16.1. The first kappa shape index (κ1) is 13.9. The number of hydrogen-bond donors (Lipinski definition) is 2. The average Bonchev–Trinajstić information content (AvgIpc) is 2.48. The summed E-state index contributed by atoms with van der Waals surface area (Å²) in [7, 11) is 1.46. The molecule has 0 fully saturated rings. The number of aromatic nitrogens is 1. The molecule has 0 saturated carbocycles. The third kappa shape index (κ3) is 3.47. The first-order valence-corrected chi connectivity index (χ1v) is 6.26. The van der Waals surface area contributed by atoms with Gasteiger partial charge < -0.3 is 15.2 Å². The number of phenols is 1. The zero-order valence-corrected chi connectivity index (χ0v) is 11.2. The average molecular weight is 272 g/mol. The van der Waals surface area contributed by atoms with Crippen LogP contribution in [0.4, 0.5) is 0 Å². The molecule has 0 unspecified atom stereocenters. The fourth-order valence-electron chi connectivity index (χ4n) is 1.78. The number of hydrogen-bond acceptors (Lipinski definition) is 4. The Morgan fingerprint density at radius 1 is 1.35 bits per heavy atom. The van der Waals surface area contributed by atoms with E-state index in [9.17, 15) is 9.90 Å². The van der Waals surface area contributed by atoms with Gasteiger partial charge in [-0.25, -0.2) is 0 Å². The maximum absolute atomic E-state index is 11.9. The predicted octanol–water partition coefficient (Wildman–Crippen LogP) is 1.77. The maximum Gasteiger partial charge on any atom is 0.251 e. The minimum absolute atomic E-state index is 0.0510. The van der Waals surface area contributed by atoms with Crippen molar-refractivity contribution in [2.75, 3.05) is 13.7 Å². The van der Waals surface area contributed by atoms with Gasteiger partial charge in [0.15, 0.2) is 11.5 Å². The summed E-state index contributed by atoms with van der Waals surface area (Å²) in [5, 5.41) is 12.4. The standard InChI is InChI=1S/C15H16N2O3/c1-20-14-6-5-11(10-13(14)18)15(19)17-9-7-12-4-2-3-8-16-12/h2-6,8,10,18H,7,9H2,1H3,(H,17,19). The molecule has 0 aliphatic rings. The molecule has 104 valence electrons. The molecule has 2 aromatic rings. The molecule has 5 heteroatoms. The number of carbonyl (C=O) groups excluding carboxylic acids is 1. The van der Waals surface area contributed by atoms with Crippen LogP contribution < -0.4 is 10.1 Å². The summed E-state index contributed by atoms with van der Waals surface area (Å²) in [6, 6.07) is 10.2. The van der Waals surface area contributed by atoms with Crippen molar-refractivity contribution in [3.63, 3.8) is 0 Å². The molecule has 0 radical (unpaired) electrons. The van der Waals surface area contributed by atoms with E-state index in [0.717, 1.165) is 5.69 Å². The Balaban J connectivity index is 1.90. The van der Waals surface area contributed by atoms with Gasteiger partial charge in [-0.2, -0.15) is 0 Å². The van der Waals surface area contributed by atoms with Crippen molar-refractivity contribution in [2.24, 2.45) is 0 Å². The number of carbonyl (C=O) groups is 1. The Morgan fingerprint density at radius 2 is 2.20 bits per heavy atom. The second-order valence-electron chi connectivity index (χ2n) is 4.21. The molecule has 0 aliphatic heterocycles. The summed E-state index contributed by atoms with van der Waals surface area (Å²) in [6.07, 6.45) is 2.38. The lowest BCUT2D eigenvalue weighted by Crippen LogP contribution is -2.25. The van der Waals surface area contributed by atoms with Crippen molar-refractivity contribution in [1.29, 1.82) is 0 Å². The Labute approximate surface area is 117 Å². The number of benzene rings is 1. The Morgan fingerprint density at radius 3 is 2.85 bits per heavy atom. The van der Waals surface area contributed by atoms with Crippen molar-refractivity contribution in [2.45, 2.75) is 6.42 Å². The van der Waals surface area contributed by atoms with E-state index in [1.54, 1.807) is 18.3 Å². The molecule has 0 saturated heterocycles. The number of phenolic OH excluding ortho intramolecular Hbond substituents is 1. The topological polar surface area (TPSA) is 71.5 Å². The molecular weight excluding hydrogens is 256 g/mol. The quantitative estimate of drug-likeness (QED) is 0.870. The fourth-order valence-corrected chi connectivity index (χ4v) is 1.78. The molecule has 1 aromatic heterocycles. The van der Waals surface area contributed by atoms with Gasteiger partial charge in [0.05, 0.1) is 7.11 Å². The second-order valence-corrected chi connectivity index (χ2v) is 4.21. The van der Waals surface area contributed by atoms with E-state index in [1.165, 1.54) is 13.2 Å². The molecule has 0 bridgehead atoms. The lowest BCUT2D eigenvalue weighted by atomic mass is 10.2. The third-order valence-electron chi connectivity index (χ3n) is 2.83. The zero-order chi connectivity index (χ0) is 14.4. The monoisotopic (exact) mass is 272 g/mol. The number of rotatable bonds is 5. The van der Waals surface area contributed by atoms with Crippen LogP contribution in [0.2, 0.25) is 0 Å². The van der Waals surface area contributed by atoms with Crippen LogP contribution in [0.3, 0.4) is 0 Å². The summed E-state index contributed by atoms with van der Waals surface area (Å²) in [5.74, 6) is 0.0544. The van der Waals surface area contributed by atoms with Crippen LogP contribution in [0.15, 0.2) is 42.6 Å². The molecule has 1 aromatic carbocycles. The lowest BCUT2D eigenvalue weighted by Gasteiger charge is -2.07. The van der Waals surface area contributed by atoms with Crippen LogP contribution in [-0.4, -0.2) is 29.7 Å². The van der Waals surface area contributed by atoms with E-state index < -0.39 is 0 Å². The van der Waals surface area contributed by atoms with Gasteiger partial charge in [0, 0.05) is 30.4 Å². The van der Waals surface area contributed by atoms with Crippen LogP contribution in [0.1, 0.15) is 16.1 Å². The summed E-state index contributed by atoms with van der Waals surface area (Å²) in [5.41, 5.74) is 1.31. The van der Waals surface area contributed by atoms with Gasteiger partial charge in [-0.1, -0.05) is 6.07 Å². The minimum Gasteiger partial charge on any atom is -0.504 e. The highest BCUT2D eigenvalue weighted by Crippen LogP contribution is 2.25. The summed E-state index contributed by atoms with van der Waals surface area (Å²) < 4.78 is 4.93. The first-order chi connectivity index (χ1) is 9.70. The van der Waals surface area contributed by atoms with Crippen molar-refractivity contribution < 1.29 is 14.6 Å². The van der Waals surface area contributed by atoms with Gasteiger partial charge in [0.25, 0.3) is 5.91 Å². The largest absolute Gasteiger partial charge is 0.504 e. The molecule has 5 nitrogen and oxygen atoms in total. The number of methoxy groups -OCH3 is 1. The maximum atomic E-state index is 11.9. The Kier molecular flexibility index (Phi) is 4.55. The summed E-state index contributed by atoms with van der Waals surface area (Å²) >= 11 is 0. The fraction of sp³-hybridized carbons (Fsp3) is 0.200. The van der Waals surface area contributed by atoms with Crippen molar-refractivity contribution in [3.05, 3.63) is 53.9 Å². The SMILES string of the molecule is COc1ccc(C(=O)NCCc2ccccn2)cc1O. The molecule has 2 rings (SSSR count). The first-order valence-electron chi connectivity index (χ1n) is 6.26. The third-order valence-corrected chi connectivity index (χ3v) is 2.83. The number of nitrogens with one attached hydrogen (secondary N) is 1. The number of ether oxygens (including phenoxy) is 1. The van der Waals surface area contributed by atoms with Gasteiger partial charge in [0.2, 0.25) is 0 Å². The number of pyridine rings is 1. The highest BCUT2D eigenvalue weighted by molar-refractivity contribution is 5.94. The Bertz CT molecular complexity index is 585. The number of aromatic hydroxyl groups is 1. The molecule has 0 spiro atoms. The predicted molar refractivity (Wildman–Crippen MR) is 74.9 cm³/mol. The molecular formula is C15H16N2O3. The van der Waals surface area contributed by atoms with E-state index in [0.29, 0.717) is 24.3 Å². The molecule has 2 N–H and O–H groups in total. The van der Waals surface area contributed by atoms with Crippen LogP contribution in [-0.2, 0) is 6.42 Å². The molecule has 20 heavy (non-hydrogen) atoms. The van der Waals surface area contributed by atoms with Crippen molar-refractivity contribution in [1.82, 2.24) is 10.3 Å². The van der Waals surface area contributed by atoms with Gasteiger partial charge in [-0.15, -0.1) is 0 Å². The van der Waals surface area contributed by atoms with Gasteiger partial charge in [0.1, 0.15) is 0 Å². The highest BCUT2D eigenvalue weighted by atomic mass is 16.5. The molecule has 0 aliphatic carbocycles. The van der Waals surface area contributed by atoms with Crippen LogP contribution in [0.25, 0.3) is 0 Å². The zero-order valence-electron chi connectivity index (χ0n) is 11.2. The van der Waals surface area contributed by atoms with Crippen molar-refractivity contribution >= 4 is 5.91 Å². The number of nitrogens with zero attached hydrogens (tertiary/aromatic N) is 1. The normalized spacial score (nSPS) is 10.1. The van der Waals surface area contributed by atoms with Crippen LogP contribution in [0.5, 0.6) is 11.5 Å². The van der Waals surface area contributed by atoms with E-state index in [1.807, 2.05) is 18.2 Å². The summed E-state index contributed by atoms with van der Waals surface area (Å²) in [6.45, 7) is 0.489. The molecule has 1 amide bonds. The number of amides is 1. The minimum atomic E-state index is -0.237. The van der Waals surface area contributed by atoms with Crippen LogP contribution in [0, 0.1) is 0 Å². The van der Waals surface area contributed by atoms with Crippen molar-refractivity contribution in [3.8, 4) is 11.5 Å². The Hall–Kier alpha value is -2.56. The molecule has 0 atom stereocenters. The van der Waals surface area contributed by atoms with E-state index >= 15 is 0 Å². The van der Waals surface area contributed by atoms with Crippen LogP contribution >= 0.6 is 0 Å². The van der Waals surface area contributed by atoms with Gasteiger partial charge in [-0.05, 0) is 30.3 Å². The van der Waals surface area contributed by atoms with Gasteiger partial charge in [-0.3, -0.25) is 9.78 Å². The highest BCUT2D eigenvalue weighted by Gasteiger charge is 2.09.